The van der Waals surface area contributed by atoms with Crippen molar-refractivity contribution < 1.29 is 17.9 Å². The van der Waals surface area contributed by atoms with Crippen LogP contribution in [0, 0.1) is 12.8 Å². The summed E-state index contributed by atoms with van der Waals surface area (Å²) in [6, 6.07) is 3.14. The minimum atomic E-state index is -3.38. The molecule has 0 amide bonds. The molecule has 3 rings (SSSR count). The average molecular weight is 441 g/mol. The smallest absolute Gasteiger partial charge is 0.254 e. The Bertz CT molecular complexity index is 872. The van der Waals surface area contributed by atoms with E-state index in [2.05, 4.69) is 18.6 Å². The standard InChI is InChI=1S/C22H36N2O5S/c1-15(2)28-13-17-6-10-19(11-7-17)29-14-21-20(23-30(4,26)27)12-9-18-8-5-16(3)22(25)24(18)21/h5,8,15,17,19-21,23H,6-7,9-14H2,1-4H3. The summed E-state index contributed by atoms with van der Waals surface area (Å²) in [5.74, 6) is 0.576. The van der Waals surface area contributed by atoms with E-state index in [1.807, 2.05) is 12.1 Å². The zero-order chi connectivity index (χ0) is 21.9. The molecule has 2 aliphatic rings. The third kappa shape index (κ3) is 6.15. The molecule has 0 aromatic carbocycles. The maximum Gasteiger partial charge on any atom is 0.254 e. The summed E-state index contributed by atoms with van der Waals surface area (Å²) in [6.07, 6.45) is 6.97. The number of ether oxygens (including phenoxy) is 2. The molecule has 0 spiro atoms. The number of nitrogens with zero attached hydrogens (tertiary/aromatic N) is 1. The molecule has 1 aliphatic heterocycles. The van der Waals surface area contributed by atoms with Crippen molar-refractivity contribution in [2.45, 2.75) is 83.6 Å². The Morgan fingerprint density at radius 3 is 2.47 bits per heavy atom. The highest BCUT2D eigenvalue weighted by Crippen LogP contribution is 2.30. The molecule has 2 atom stereocenters. The molecule has 8 heteroatoms. The van der Waals surface area contributed by atoms with Gasteiger partial charge >= 0.3 is 0 Å². The van der Waals surface area contributed by atoms with Crippen molar-refractivity contribution in [1.82, 2.24) is 9.29 Å². The lowest BCUT2D eigenvalue weighted by Crippen LogP contribution is -2.49. The minimum Gasteiger partial charge on any atom is -0.379 e. The molecular formula is C22H36N2O5S. The van der Waals surface area contributed by atoms with Gasteiger partial charge in [-0.25, -0.2) is 13.1 Å². The third-order valence-corrected chi connectivity index (χ3v) is 6.96. The Hall–Kier alpha value is -1.22. The van der Waals surface area contributed by atoms with Gasteiger partial charge < -0.3 is 14.0 Å². The van der Waals surface area contributed by atoms with Gasteiger partial charge in [0, 0.05) is 23.9 Å². The molecule has 7 nitrogen and oxygen atoms in total. The van der Waals surface area contributed by atoms with Gasteiger partial charge in [-0.2, -0.15) is 0 Å². The van der Waals surface area contributed by atoms with E-state index in [-0.39, 0.29) is 29.9 Å². The summed E-state index contributed by atoms with van der Waals surface area (Å²) < 4.78 is 40.3. The Kier molecular flexibility index (Phi) is 7.76. The second kappa shape index (κ2) is 9.94. The lowest BCUT2D eigenvalue weighted by atomic mass is 9.88. The van der Waals surface area contributed by atoms with E-state index in [1.54, 1.807) is 11.5 Å². The fourth-order valence-corrected chi connectivity index (χ4v) is 5.39. The van der Waals surface area contributed by atoms with Gasteiger partial charge in [-0.05, 0) is 71.3 Å². The summed E-state index contributed by atoms with van der Waals surface area (Å²) in [4.78, 5) is 12.9. The van der Waals surface area contributed by atoms with E-state index in [9.17, 15) is 13.2 Å². The average Bonchev–Trinajstić information content (AvgIpc) is 2.68. The number of sulfonamides is 1. The number of hydrogen-bond donors (Lipinski definition) is 1. The largest absolute Gasteiger partial charge is 0.379 e. The molecule has 30 heavy (non-hydrogen) atoms. The first-order valence-corrected chi connectivity index (χ1v) is 12.9. The monoisotopic (exact) mass is 440 g/mol. The fraction of sp³-hybridized carbons (Fsp3) is 0.773. The summed E-state index contributed by atoms with van der Waals surface area (Å²) in [5.41, 5.74) is 1.55. The zero-order valence-electron chi connectivity index (χ0n) is 18.6. The van der Waals surface area contributed by atoms with E-state index < -0.39 is 10.0 Å². The van der Waals surface area contributed by atoms with Gasteiger partial charge in [-0.3, -0.25) is 4.79 Å². The third-order valence-electron chi connectivity index (χ3n) is 6.23. The first-order chi connectivity index (χ1) is 14.1. The lowest BCUT2D eigenvalue weighted by molar-refractivity contribution is -0.0226. The van der Waals surface area contributed by atoms with Crippen molar-refractivity contribution in [2.75, 3.05) is 19.5 Å². The van der Waals surface area contributed by atoms with Gasteiger partial charge in [0.05, 0.1) is 31.1 Å². The van der Waals surface area contributed by atoms with Crippen molar-refractivity contribution in [1.29, 1.82) is 0 Å². The van der Waals surface area contributed by atoms with Crippen LogP contribution in [0.15, 0.2) is 16.9 Å². The number of nitrogens with one attached hydrogen (secondary N) is 1. The van der Waals surface area contributed by atoms with Gasteiger partial charge in [0.2, 0.25) is 10.0 Å². The molecule has 0 radical (unpaired) electrons. The molecule has 1 aromatic heterocycles. The van der Waals surface area contributed by atoms with Crippen LogP contribution in [0.4, 0.5) is 0 Å². The van der Waals surface area contributed by atoms with Crippen LogP contribution in [0.3, 0.4) is 0 Å². The molecule has 170 valence electrons. The molecule has 1 fully saturated rings. The lowest BCUT2D eigenvalue weighted by Gasteiger charge is -2.37. The zero-order valence-corrected chi connectivity index (χ0v) is 19.4. The van der Waals surface area contributed by atoms with Crippen molar-refractivity contribution in [3.05, 3.63) is 33.7 Å². The number of pyridine rings is 1. The highest BCUT2D eigenvalue weighted by molar-refractivity contribution is 7.88. The Balaban J connectivity index is 1.68. The first-order valence-electron chi connectivity index (χ1n) is 11.1. The van der Waals surface area contributed by atoms with Crippen molar-refractivity contribution in [3.8, 4) is 0 Å². The van der Waals surface area contributed by atoms with Crippen LogP contribution in [-0.4, -0.2) is 50.7 Å². The van der Waals surface area contributed by atoms with E-state index in [0.29, 0.717) is 30.9 Å². The van der Waals surface area contributed by atoms with Crippen molar-refractivity contribution in [3.63, 3.8) is 0 Å². The van der Waals surface area contributed by atoms with Crippen molar-refractivity contribution >= 4 is 10.0 Å². The van der Waals surface area contributed by atoms with Gasteiger partial charge in [-0.1, -0.05) is 6.07 Å². The quantitative estimate of drug-likeness (QED) is 0.671. The van der Waals surface area contributed by atoms with Gasteiger partial charge in [-0.15, -0.1) is 0 Å². The maximum atomic E-state index is 12.9. The van der Waals surface area contributed by atoms with Gasteiger partial charge in [0.25, 0.3) is 5.56 Å². The van der Waals surface area contributed by atoms with Crippen LogP contribution < -0.4 is 10.3 Å². The van der Waals surface area contributed by atoms with Crippen LogP contribution in [0.25, 0.3) is 0 Å². The number of hydrogen-bond acceptors (Lipinski definition) is 5. The van der Waals surface area contributed by atoms with Gasteiger partial charge in [0.1, 0.15) is 0 Å². The SMILES string of the molecule is Cc1ccc2n(c1=O)C(COC1CCC(COC(C)C)CC1)C(NS(C)(=O)=O)CC2. The molecular weight excluding hydrogens is 404 g/mol. The Labute approximate surface area is 180 Å². The second-order valence-electron chi connectivity index (χ2n) is 9.14. The van der Waals surface area contributed by atoms with Crippen LogP contribution in [0.2, 0.25) is 0 Å². The predicted molar refractivity (Wildman–Crippen MR) is 117 cm³/mol. The summed E-state index contributed by atoms with van der Waals surface area (Å²) in [7, 11) is -3.38. The molecule has 1 aromatic rings. The number of rotatable bonds is 8. The van der Waals surface area contributed by atoms with Gasteiger partial charge in [0.15, 0.2) is 0 Å². The summed E-state index contributed by atoms with van der Waals surface area (Å²) in [5, 5.41) is 0. The van der Waals surface area contributed by atoms with Crippen LogP contribution >= 0.6 is 0 Å². The van der Waals surface area contributed by atoms with E-state index in [1.165, 1.54) is 6.26 Å². The Morgan fingerprint density at radius 2 is 1.83 bits per heavy atom. The normalized spacial score (nSPS) is 27.2. The second-order valence-corrected chi connectivity index (χ2v) is 10.9. The van der Waals surface area contributed by atoms with E-state index >= 15 is 0 Å². The van der Waals surface area contributed by atoms with Crippen molar-refractivity contribution in [2.24, 2.45) is 5.92 Å². The highest BCUT2D eigenvalue weighted by Gasteiger charge is 2.33. The molecule has 1 N–H and O–H groups in total. The summed E-state index contributed by atoms with van der Waals surface area (Å²) >= 11 is 0. The molecule has 0 saturated heterocycles. The summed E-state index contributed by atoms with van der Waals surface area (Å²) in [6.45, 7) is 7.04. The predicted octanol–water partition coefficient (Wildman–Crippen LogP) is 2.56. The number of aromatic nitrogens is 1. The molecule has 1 saturated carbocycles. The topological polar surface area (TPSA) is 86.6 Å². The molecule has 0 bridgehead atoms. The molecule has 1 aliphatic carbocycles. The molecule has 2 unspecified atom stereocenters. The maximum absolute atomic E-state index is 12.9. The van der Waals surface area contributed by atoms with Crippen LogP contribution in [-0.2, 0) is 25.9 Å². The number of fused-ring (bicyclic) bond motifs is 1. The van der Waals surface area contributed by atoms with E-state index in [4.69, 9.17) is 9.47 Å². The fourth-order valence-electron chi connectivity index (χ4n) is 4.57. The number of aryl methyl sites for hydroxylation is 2. The molecule has 2 heterocycles. The van der Waals surface area contributed by atoms with Crippen LogP contribution in [0.5, 0.6) is 0 Å². The van der Waals surface area contributed by atoms with Crippen LogP contribution in [0.1, 0.15) is 63.3 Å². The first kappa shape index (κ1) is 23.4. The highest BCUT2D eigenvalue weighted by atomic mass is 32.2. The minimum absolute atomic E-state index is 0.0596. The van der Waals surface area contributed by atoms with E-state index in [0.717, 1.165) is 38.0 Å². The Morgan fingerprint density at radius 1 is 1.13 bits per heavy atom.